The molecule has 0 spiro atoms. The first-order chi connectivity index (χ1) is 8.85. The summed E-state index contributed by atoms with van der Waals surface area (Å²) in [6.45, 7) is 5.11. The summed E-state index contributed by atoms with van der Waals surface area (Å²) in [6.07, 6.45) is -0.843. The third-order valence-corrected chi connectivity index (χ3v) is 2.61. The second kappa shape index (κ2) is 6.19. The van der Waals surface area contributed by atoms with E-state index in [9.17, 15) is 9.59 Å². The van der Waals surface area contributed by atoms with Gasteiger partial charge in [-0.15, -0.1) is 0 Å². The van der Waals surface area contributed by atoms with Crippen LogP contribution in [0.15, 0.2) is 12.1 Å². The first kappa shape index (κ1) is 15.0. The van der Waals surface area contributed by atoms with Gasteiger partial charge in [0.05, 0.1) is 6.61 Å². The van der Waals surface area contributed by atoms with Crippen LogP contribution in [0.3, 0.4) is 0 Å². The zero-order valence-electron chi connectivity index (χ0n) is 11.2. The molecule has 0 aliphatic heterocycles. The number of hydrogen-bond donors (Lipinski definition) is 3. The van der Waals surface area contributed by atoms with Gasteiger partial charge in [0.15, 0.2) is 6.10 Å². The first-order valence-corrected chi connectivity index (χ1v) is 5.83. The van der Waals surface area contributed by atoms with Gasteiger partial charge in [-0.2, -0.15) is 0 Å². The summed E-state index contributed by atoms with van der Waals surface area (Å²) in [6, 6.07) is 2.65. The second-order valence-corrected chi connectivity index (χ2v) is 4.33. The number of nitrogens with two attached hydrogens (primary N) is 1. The van der Waals surface area contributed by atoms with E-state index < -0.39 is 18.0 Å². The molecule has 0 aromatic heterocycles. The number of ether oxygens (including phenoxy) is 1. The lowest BCUT2D eigenvalue weighted by Crippen LogP contribution is -2.42. The molecule has 1 aromatic rings. The van der Waals surface area contributed by atoms with Crippen LogP contribution in [0.5, 0.6) is 5.75 Å². The van der Waals surface area contributed by atoms with E-state index in [1.165, 1.54) is 6.92 Å². The van der Waals surface area contributed by atoms with Crippen LogP contribution in [-0.2, 0) is 11.4 Å². The fourth-order valence-corrected chi connectivity index (χ4v) is 1.77. The maximum absolute atomic E-state index is 11.5. The maximum atomic E-state index is 11.5. The van der Waals surface area contributed by atoms with E-state index in [4.69, 9.17) is 15.6 Å². The Morgan fingerprint density at radius 3 is 2.32 bits per heavy atom. The fraction of sp³-hybridized carbons (Fsp3) is 0.385. The lowest BCUT2D eigenvalue weighted by molar-refractivity contribution is -0.126. The largest absolute Gasteiger partial charge is 0.480 e. The van der Waals surface area contributed by atoms with E-state index >= 15 is 0 Å². The summed E-state index contributed by atoms with van der Waals surface area (Å²) in [5.41, 5.74) is 7.26. The number of primary amides is 1. The number of carbonyl (C=O) groups excluding carboxylic acids is 2. The number of hydrogen-bond acceptors (Lipinski definition) is 4. The monoisotopic (exact) mass is 266 g/mol. The quantitative estimate of drug-likeness (QED) is 0.748. The van der Waals surface area contributed by atoms with Crippen molar-refractivity contribution in [3.8, 4) is 5.75 Å². The summed E-state index contributed by atoms with van der Waals surface area (Å²) >= 11 is 0. The number of carbonyl (C=O) groups is 2. The van der Waals surface area contributed by atoms with Gasteiger partial charge in [-0.3, -0.25) is 10.1 Å². The minimum absolute atomic E-state index is 0.0559. The Hall–Kier alpha value is -2.08. The first-order valence-electron chi connectivity index (χ1n) is 5.83. The molecular weight excluding hydrogens is 248 g/mol. The molecule has 1 atom stereocenters. The van der Waals surface area contributed by atoms with Crippen LogP contribution in [0.2, 0.25) is 0 Å². The minimum atomic E-state index is -0.912. The Labute approximate surface area is 111 Å². The average molecular weight is 266 g/mol. The highest BCUT2D eigenvalue weighted by Crippen LogP contribution is 2.25. The summed E-state index contributed by atoms with van der Waals surface area (Å²) in [7, 11) is 0. The highest BCUT2D eigenvalue weighted by atomic mass is 16.5. The number of urea groups is 1. The molecule has 0 saturated heterocycles. The summed E-state index contributed by atoms with van der Waals surface area (Å²) in [5.74, 6) is -0.0399. The van der Waals surface area contributed by atoms with Gasteiger partial charge in [-0.1, -0.05) is 12.1 Å². The van der Waals surface area contributed by atoms with Gasteiger partial charge < -0.3 is 15.6 Å². The molecule has 0 aliphatic carbocycles. The predicted molar refractivity (Wildman–Crippen MR) is 69.7 cm³/mol. The number of nitrogens with one attached hydrogen (secondary N) is 1. The topological polar surface area (TPSA) is 102 Å². The molecule has 0 radical (unpaired) electrons. The molecule has 4 N–H and O–H groups in total. The maximum Gasteiger partial charge on any atom is 0.318 e. The van der Waals surface area contributed by atoms with Gasteiger partial charge in [0.2, 0.25) is 0 Å². The van der Waals surface area contributed by atoms with Gasteiger partial charge in [0, 0.05) is 0 Å². The number of amides is 3. The number of rotatable bonds is 4. The molecule has 19 heavy (non-hydrogen) atoms. The van der Waals surface area contributed by atoms with Gasteiger partial charge in [-0.05, 0) is 37.5 Å². The third-order valence-electron chi connectivity index (χ3n) is 2.61. The van der Waals surface area contributed by atoms with E-state index in [-0.39, 0.29) is 6.61 Å². The highest BCUT2D eigenvalue weighted by molar-refractivity contribution is 5.95. The van der Waals surface area contributed by atoms with Gasteiger partial charge >= 0.3 is 6.03 Å². The second-order valence-electron chi connectivity index (χ2n) is 4.33. The number of imide groups is 1. The van der Waals surface area contributed by atoms with Crippen LogP contribution in [0.4, 0.5) is 4.79 Å². The molecule has 0 heterocycles. The highest BCUT2D eigenvalue weighted by Gasteiger charge is 2.18. The van der Waals surface area contributed by atoms with E-state index in [0.717, 1.165) is 16.7 Å². The van der Waals surface area contributed by atoms with E-state index in [1.54, 1.807) is 12.1 Å². The summed E-state index contributed by atoms with van der Waals surface area (Å²) in [5, 5.41) is 11.0. The fourth-order valence-electron chi connectivity index (χ4n) is 1.77. The molecule has 6 nitrogen and oxygen atoms in total. The molecule has 0 saturated carbocycles. The number of aliphatic hydroxyl groups excluding tert-OH is 1. The zero-order chi connectivity index (χ0) is 14.6. The van der Waals surface area contributed by atoms with E-state index in [1.807, 2.05) is 19.2 Å². The van der Waals surface area contributed by atoms with Crippen molar-refractivity contribution in [3.63, 3.8) is 0 Å². The molecule has 1 unspecified atom stereocenters. The van der Waals surface area contributed by atoms with Gasteiger partial charge in [0.1, 0.15) is 5.75 Å². The predicted octanol–water partition coefficient (Wildman–Crippen LogP) is 0.758. The normalized spacial score (nSPS) is 11.8. The van der Waals surface area contributed by atoms with Crippen molar-refractivity contribution >= 4 is 11.9 Å². The van der Waals surface area contributed by atoms with Crippen molar-refractivity contribution in [3.05, 3.63) is 28.8 Å². The van der Waals surface area contributed by atoms with Gasteiger partial charge in [0.25, 0.3) is 5.91 Å². The lowest BCUT2D eigenvalue weighted by atomic mass is 10.1. The van der Waals surface area contributed by atoms with Crippen molar-refractivity contribution in [2.24, 2.45) is 5.73 Å². The Morgan fingerprint density at radius 2 is 1.89 bits per heavy atom. The number of aliphatic hydroxyl groups is 1. The molecule has 104 valence electrons. The number of benzene rings is 1. The minimum Gasteiger partial charge on any atom is -0.480 e. The molecule has 1 aromatic carbocycles. The van der Waals surface area contributed by atoms with Crippen molar-refractivity contribution in [1.82, 2.24) is 5.32 Å². The molecule has 0 fully saturated rings. The standard InChI is InChI=1S/C13H18N2O4/c1-7-4-10(6-16)5-8(2)11(7)19-9(3)12(17)15-13(14)18/h4-5,9,16H,6H2,1-3H3,(H3,14,15,17,18). The summed E-state index contributed by atoms with van der Waals surface area (Å²) in [4.78, 5) is 22.1. The third kappa shape index (κ3) is 3.96. The van der Waals surface area contributed by atoms with Crippen LogP contribution in [0.1, 0.15) is 23.6 Å². The van der Waals surface area contributed by atoms with Gasteiger partial charge in [-0.25, -0.2) is 4.79 Å². The van der Waals surface area contributed by atoms with Crippen LogP contribution in [-0.4, -0.2) is 23.1 Å². The number of aryl methyl sites for hydroxylation is 2. The van der Waals surface area contributed by atoms with E-state index in [0.29, 0.717) is 5.75 Å². The Bertz CT molecular complexity index is 476. The SMILES string of the molecule is Cc1cc(CO)cc(C)c1OC(C)C(=O)NC(N)=O. The van der Waals surface area contributed by atoms with E-state index in [2.05, 4.69) is 0 Å². The Kier molecular flexibility index (Phi) is 4.88. The van der Waals surface area contributed by atoms with Crippen molar-refractivity contribution in [1.29, 1.82) is 0 Å². The van der Waals surface area contributed by atoms with Crippen molar-refractivity contribution < 1.29 is 19.4 Å². The smallest absolute Gasteiger partial charge is 0.318 e. The van der Waals surface area contributed by atoms with Crippen molar-refractivity contribution in [2.75, 3.05) is 0 Å². The summed E-state index contributed by atoms with van der Waals surface area (Å²) < 4.78 is 5.54. The van der Waals surface area contributed by atoms with Crippen LogP contribution in [0, 0.1) is 13.8 Å². The lowest BCUT2D eigenvalue weighted by Gasteiger charge is -2.18. The van der Waals surface area contributed by atoms with Crippen LogP contribution >= 0.6 is 0 Å². The molecule has 6 heteroatoms. The van der Waals surface area contributed by atoms with Crippen LogP contribution in [0.25, 0.3) is 0 Å². The zero-order valence-corrected chi connectivity index (χ0v) is 11.2. The molecule has 0 aliphatic rings. The Balaban J connectivity index is 2.88. The molecule has 3 amide bonds. The van der Waals surface area contributed by atoms with Crippen LogP contribution < -0.4 is 15.8 Å². The molecular formula is C13H18N2O4. The average Bonchev–Trinajstić information content (AvgIpc) is 2.32. The molecule has 1 rings (SSSR count). The van der Waals surface area contributed by atoms with Crippen molar-refractivity contribution in [2.45, 2.75) is 33.5 Å². The Morgan fingerprint density at radius 1 is 1.37 bits per heavy atom. The molecule has 0 bridgehead atoms.